The van der Waals surface area contributed by atoms with Crippen molar-refractivity contribution in [2.24, 2.45) is 0 Å². The summed E-state index contributed by atoms with van der Waals surface area (Å²) in [6.45, 7) is 1.92. The van der Waals surface area contributed by atoms with Crippen molar-refractivity contribution in [1.82, 2.24) is 19.3 Å². The summed E-state index contributed by atoms with van der Waals surface area (Å²) in [7, 11) is -2.86. The number of carbonyl (C=O) groups is 2. The van der Waals surface area contributed by atoms with Gasteiger partial charge in [-0.3, -0.25) is 14.6 Å². The van der Waals surface area contributed by atoms with Crippen molar-refractivity contribution in [2.75, 3.05) is 12.4 Å². The molecule has 1 aliphatic rings. The maximum Gasteiger partial charge on any atom is 0.280 e. The minimum absolute atomic E-state index is 0.108. The Morgan fingerprint density at radius 1 is 1.29 bits per heavy atom. The zero-order valence-corrected chi connectivity index (χ0v) is 18.3. The molecular formula is C19H21ClFN5O4S. The molecule has 2 atom stereocenters. The molecule has 0 spiro atoms. The molecule has 1 aromatic heterocycles. The van der Waals surface area contributed by atoms with Crippen LogP contribution in [0.15, 0.2) is 36.4 Å². The number of nitrogens with one attached hydrogen (secondary N) is 3. The quantitative estimate of drug-likeness (QED) is 0.610. The summed E-state index contributed by atoms with van der Waals surface area (Å²) >= 11 is 5.72. The number of aryl methyl sites for hydroxylation is 1. The van der Waals surface area contributed by atoms with E-state index in [1.165, 1.54) is 19.2 Å². The summed E-state index contributed by atoms with van der Waals surface area (Å²) in [4.78, 5) is 29.6. The number of carbonyl (C=O) groups excluding carboxylic acids is 2. The number of pyridine rings is 1. The van der Waals surface area contributed by atoms with E-state index in [0.717, 1.165) is 16.1 Å². The predicted octanol–water partition coefficient (Wildman–Crippen LogP) is 1.34. The fourth-order valence-corrected chi connectivity index (χ4v) is 4.51. The van der Waals surface area contributed by atoms with Crippen molar-refractivity contribution in [1.29, 1.82) is 0 Å². The van der Waals surface area contributed by atoms with Crippen molar-refractivity contribution in [2.45, 2.75) is 32.0 Å². The number of anilines is 1. The van der Waals surface area contributed by atoms with Gasteiger partial charge in [0.2, 0.25) is 11.8 Å². The monoisotopic (exact) mass is 469 g/mol. The minimum atomic E-state index is -4.09. The smallest absolute Gasteiger partial charge is 0.280 e. The Balaban J connectivity index is 1.71. The van der Waals surface area contributed by atoms with Crippen LogP contribution in [0.5, 0.6) is 0 Å². The maximum absolute atomic E-state index is 13.3. The molecule has 2 unspecified atom stereocenters. The summed E-state index contributed by atoms with van der Waals surface area (Å²) < 4.78 is 41.3. The van der Waals surface area contributed by atoms with Gasteiger partial charge >= 0.3 is 0 Å². The Labute approximate surface area is 184 Å². The SMILES string of the molecule is Cc1cccc(CNC(=O)C2CC(C(=O)Nc3ccc(F)c(Cl)c3)N(C)S(=O)(=O)N2)n1. The average molecular weight is 470 g/mol. The number of amides is 2. The number of hydrogen-bond donors (Lipinski definition) is 3. The van der Waals surface area contributed by atoms with E-state index in [9.17, 15) is 22.4 Å². The predicted molar refractivity (Wildman–Crippen MR) is 113 cm³/mol. The molecule has 31 heavy (non-hydrogen) atoms. The highest BCUT2D eigenvalue weighted by Crippen LogP contribution is 2.22. The number of benzene rings is 1. The van der Waals surface area contributed by atoms with Crippen LogP contribution in [0.25, 0.3) is 0 Å². The van der Waals surface area contributed by atoms with Gasteiger partial charge in [0.25, 0.3) is 10.2 Å². The fourth-order valence-electron chi connectivity index (χ4n) is 3.08. The molecule has 166 valence electrons. The number of aromatic nitrogens is 1. The fraction of sp³-hybridized carbons (Fsp3) is 0.316. The van der Waals surface area contributed by atoms with Gasteiger partial charge in [0, 0.05) is 18.4 Å². The molecule has 0 bridgehead atoms. The van der Waals surface area contributed by atoms with E-state index in [-0.39, 0.29) is 23.7 Å². The standard InChI is InChI=1S/C19H21ClFN5O4S/c1-11-4-3-5-13(23-11)10-22-18(27)16-9-17(26(2)31(29,30)25-16)19(28)24-12-6-7-15(21)14(20)8-12/h3-8,16-17,25H,9-10H2,1-2H3,(H,22,27)(H,24,28). The summed E-state index contributed by atoms with van der Waals surface area (Å²) in [5, 5.41) is 4.95. The molecule has 0 radical (unpaired) electrons. The van der Waals surface area contributed by atoms with Crippen molar-refractivity contribution >= 4 is 39.3 Å². The molecule has 0 aliphatic carbocycles. The van der Waals surface area contributed by atoms with Crippen molar-refractivity contribution in [3.05, 3.63) is 58.6 Å². The van der Waals surface area contributed by atoms with Gasteiger partial charge in [0.15, 0.2) is 0 Å². The average Bonchev–Trinajstić information content (AvgIpc) is 2.70. The first kappa shape index (κ1) is 23.1. The summed E-state index contributed by atoms with van der Waals surface area (Å²) in [5.41, 5.74) is 1.60. The molecule has 0 saturated carbocycles. The Morgan fingerprint density at radius 3 is 2.71 bits per heavy atom. The third-order valence-corrected chi connectivity index (χ3v) is 6.65. The van der Waals surface area contributed by atoms with Gasteiger partial charge in [-0.05, 0) is 43.7 Å². The van der Waals surface area contributed by atoms with E-state index < -0.39 is 39.9 Å². The second-order valence-electron chi connectivity index (χ2n) is 7.05. The van der Waals surface area contributed by atoms with Gasteiger partial charge in [-0.1, -0.05) is 17.7 Å². The number of rotatable bonds is 5. The lowest BCUT2D eigenvalue weighted by atomic mass is 10.1. The molecule has 12 heteroatoms. The van der Waals surface area contributed by atoms with Crippen LogP contribution < -0.4 is 15.4 Å². The van der Waals surface area contributed by atoms with Crippen LogP contribution in [0.3, 0.4) is 0 Å². The zero-order chi connectivity index (χ0) is 22.8. The molecule has 3 rings (SSSR count). The van der Waals surface area contributed by atoms with Crippen LogP contribution in [0.4, 0.5) is 10.1 Å². The Kier molecular flexibility index (Phi) is 6.90. The van der Waals surface area contributed by atoms with E-state index in [1.54, 1.807) is 12.1 Å². The van der Waals surface area contributed by atoms with Crippen molar-refractivity contribution in [3.8, 4) is 0 Å². The van der Waals surface area contributed by atoms with Crippen molar-refractivity contribution in [3.63, 3.8) is 0 Å². The molecule has 1 aromatic carbocycles. The van der Waals surface area contributed by atoms with Crippen molar-refractivity contribution < 1.29 is 22.4 Å². The molecule has 1 fully saturated rings. The van der Waals surface area contributed by atoms with E-state index in [2.05, 4.69) is 20.3 Å². The molecule has 3 N–H and O–H groups in total. The second kappa shape index (κ2) is 9.27. The Hall–Kier alpha value is -2.60. The summed E-state index contributed by atoms with van der Waals surface area (Å²) in [6, 6.07) is 6.61. The molecular weight excluding hydrogens is 449 g/mol. The minimum Gasteiger partial charge on any atom is -0.349 e. The van der Waals surface area contributed by atoms with E-state index >= 15 is 0 Å². The molecule has 2 heterocycles. The van der Waals surface area contributed by atoms with Crippen LogP contribution >= 0.6 is 11.6 Å². The lowest BCUT2D eigenvalue weighted by Crippen LogP contribution is -2.62. The van der Waals surface area contributed by atoms with E-state index in [4.69, 9.17) is 11.6 Å². The van der Waals surface area contributed by atoms with Gasteiger partial charge in [0.05, 0.1) is 17.3 Å². The summed E-state index contributed by atoms with van der Waals surface area (Å²) in [6.07, 6.45) is -0.108. The van der Waals surface area contributed by atoms with Gasteiger partial charge in [0.1, 0.15) is 17.9 Å². The number of hydrogen-bond acceptors (Lipinski definition) is 5. The molecule has 1 aliphatic heterocycles. The van der Waals surface area contributed by atoms with E-state index in [0.29, 0.717) is 5.69 Å². The number of halogens is 2. The van der Waals surface area contributed by atoms with Gasteiger partial charge in [-0.2, -0.15) is 17.4 Å². The molecule has 1 saturated heterocycles. The first-order valence-electron chi connectivity index (χ1n) is 9.28. The molecule has 2 aromatic rings. The number of likely N-dealkylation sites (N-methyl/N-ethyl adjacent to an activating group) is 1. The largest absolute Gasteiger partial charge is 0.349 e. The van der Waals surface area contributed by atoms with Crippen LogP contribution in [-0.2, 0) is 26.3 Å². The normalized spacial score (nSPS) is 20.8. The van der Waals surface area contributed by atoms with Crippen LogP contribution in [0, 0.1) is 12.7 Å². The Morgan fingerprint density at radius 2 is 2.03 bits per heavy atom. The molecule has 2 amide bonds. The maximum atomic E-state index is 13.3. The highest BCUT2D eigenvalue weighted by molar-refractivity contribution is 7.87. The lowest BCUT2D eigenvalue weighted by molar-refractivity contribution is -0.124. The highest BCUT2D eigenvalue weighted by atomic mass is 35.5. The van der Waals surface area contributed by atoms with Crippen LogP contribution in [-0.4, -0.2) is 48.7 Å². The first-order valence-corrected chi connectivity index (χ1v) is 11.1. The third kappa shape index (κ3) is 5.56. The number of nitrogens with zero attached hydrogens (tertiary/aromatic N) is 2. The van der Waals surface area contributed by atoms with Gasteiger partial charge in [-0.25, -0.2) is 4.39 Å². The summed E-state index contributed by atoms with van der Waals surface area (Å²) in [5.74, 6) is -1.91. The highest BCUT2D eigenvalue weighted by Gasteiger charge is 2.42. The van der Waals surface area contributed by atoms with Crippen LogP contribution in [0.2, 0.25) is 5.02 Å². The zero-order valence-electron chi connectivity index (χ0n) is 16.7. The Bertz CT molecular complexity index is 1110. The van der Waals surface area contributed by atoms with Gasteiger partial charge in [-0.15, -0.1) is 0 Å². The first-order chi connectivity index (χ1) is 14.6. The third-order valence-electron chi connectivity index (χ3n) is 4.76. The van der Waals surface area contributed by atoms with Gasteiger partial charge < -0.3 is 10.6 Å². The molecule has 9 nitrogen and oxygen atoms in total. The topological polar surface area (TPSA) is 121 Å². The lowest BCUT2D eigenvalue weighted by Gasteiger charge is -2.35. The van der Waals surface area contributed by atoms with E-state index in [1.807, 2.05) is 13.0 Å². The van der Waals surface area contributed by atoms with Crippen LogP contribution in [0.1, 0.15) is 17.8 Å². The second-order valence-corrected chi connectivity index (χ2v) is 9.22.